The zero-order valence-corrected chi connectivity index (χ0v) is 23.0. The van der Waals surface area contributed by atoms with Gasteiger partial charge in [0, 0.05) is 19.2 Å². The van der Waals surface area contributed by atoms with Crippen molar-refractivity contribution in [2.24, 2.45) is 0 Å². The van der Waals surface area contributed by atoms with Gasteiger partial charge in [0.1, 0.15) is 5.01 Å². The number of thiazole rings is 1. The molecule has 9 heteroatoms. The Morgan fingerprint density at radius 2 is 1.89 bits per heavy atom. The molecule has 1 aromatic heterocycles. The Morgan fingerprint density at radius 1 is 1.16 bits per heavy atom. The Kier molecular flexibility index (Phi) is 8.48. The summed E-state index contributed by atoms with van der Waals surface area (Å²) in [4.78, 5) is 33.6. The van der Waals surface area contributed by atoms with Crippen molar-refractivity contribution in [3.63, 3.8) is 0 Å². The lowest BCUT2D eigenvalue weighted by Crippen LogP contribution is -2.34. The summed E-state index contributed by atoms with van der Waals surface area (Å²) in [7, 11) is 1.53. The topological polar surface area (TPSA) is 98.2 Å². The summed E-state index contributed by atoms with van der Waals surface area (Å²) in [5, 5.41) is 11.7. The molecule has 200 valence electrons. The maximum atomic E-state index is 14.0. The number of carbonyl (C=O) groups excluding carboxylic acids is 2. The smallest absolute Gasteiger partial charge is 0.290 e. The first-order valence-corrected chi connectivity index (χ1v) is 13.3. The highest BCUT2D eigenvalue weighted by Crippen LogP contribution is 2.43. The lowest BCUT2D eigenvalue weighted by Gasteiger charge is -2.27. The summed E-state index contributed by atoms with van der Waals surface area (Å²) in [6, 6.07) is 14.1. The zero-order chi connectivity index (χ0) is 27.4. The maximum absolute atomic E-state index is 14.0. The van der Waals surface area contributed by atoms with Gasteiger partial charge in [-0.15, -0.1) is 11.3 Å². The third kappa shape index (κ3) is 5.44. The molecule has 0 saturated heterocycles. The average Bonchev–Trinajstić information content (AvgIpc) is 3.41. The van der Waals surface area contributed by atoms with Gasteiger partial charge in [-0.2, -0.15) is 0 Å². The molecule has 3 aromatic rings. The van der Waals surface area contributed by atoms with Gasteiger partial charge in [0.25, 0.3) is 5.91 Å². The number of aliphatic hydroxyl groups excluding tert-OH is 1. The third-order valence-corrected chi connectivity index (χ3v) is 7.26. The summed E-state index contributed by atoms with van der Waals surface area (Å²) in [6.45, 7) is 8.30. The number of benzene rings is 2. The van der Waals surface area contributed by atoms with Gasteiger partial charge in [-0.3, -0.25) is 9.59 Å². The lowest BCUT2D eigenvalue weighted by atomic mass is 9.94. The number of methoxy groups -OCH3 is 1. The monoisotopic (exact) mass is 536 g/mol. The lowest BCUT2D eigenvalue weighted by molar-refractivity contribution is -0.130. The second-order valence-corrected chi connectivity index (χ2v) is 10.1. The van der Waals surface area contributed by atoms with Crippen LogP contribution in [-0.4, -0.2) is 59.7 Å². The van der Waals surface area contributed by atoms with E-state index in [2.05, 4.69) is 4.98 Å². The molecule has 38 heavy (non-hydrogen) atoms. The molecule has 4 rings (SSSR count). The molecule has 1 amide bonds. The number of ether oxygens (including phenoxy) is 3. The van der Waals surface area contributed by atoms with Gasteiger partial charge in [-0.1, -0.05) is 36.4 Å². The van der Waals surface area contributed by atoms with Crippen molar-refractivity contribution in [2.45, 2.75) is 39.8 Å². The van der Waals surface area contributed by atoms with E-state index in [0.717, 1.165) is 5.56 Å². The van der Waals surface area contributed by atoms with Gasteiger partial charge in [-0.25, -0.2) is 4.98 Å². The molecule has 2 aromatic carbocycles. The maximum Gasteiger partial charge on any atom is 0.290 e. The second-order valence-electron chi connectivity index (χ2n) is 9.09. The molecule has 0 spiro atoms. The number of rotatable bonds is 11. The van der Waals surface area contributed by atoms with Crippen LogP contribution >= 0.6 is 11.3 Å². The van der Waals surface area contributed by atoms with Crippen LogP contribution in [0.25, 0.3) is 10.6 Å². The molecule has 2 heterocycles. The Balaban J connectivity index is 1.80. The average molecular weight is 537 g/mol. The van der Waals surface area contributed by atoms with E-state index in [-0.39, 0.29) is 24.8 Å². The number of hydrogen-bond donors (Lipinski definition) is 1. The molecule has 1 unspecified atom stereocenters. The van der Waals surface area contributed by atoms with Crippen LogP contribution in [0.5, 0.6) is 11.5 Å². The number of Topliss-reactive ketones (excluding diaryl/α,β-unsaturated/α-hetero) is 1. The minimum Gasteiger partial charge on any atom is -0.503 e. The van der Waals surface area contributed by atoms with Crippen molar-refractivity contribution >= 4 is 23.0 Å². The highest BCUT2D eigenvalue weighted by Gasteiger charge is 2.44. The fourth-order valence-corrected chi connectivity index (χ4v) is 5.43. The summed E-state index contributed by atoms with van der Waals surface area (Å²) in [5.74, 6) is -0.563. The predicted molar refractivity (Wildman–Crippen MR) is 146 cm³/mol. The van der Waals surface area contributed by atoms with E-state index in [4.69, 9.17) is 14.2 Å². The fraction of sp³-hybridized carbons (Fsp3) is 0.345. The quantitative estimate of drug-likeness (QED) is 0.322. The van der Waals surface area contributed by atoms with Crippen molar-refractivity contribution in [3.8, 4) is 22.1 Å². The van der Waals surface area contributed by atoms with Crippen molar-refractivity contribution in [1.29, 1.82) is 0 Å². The molecule has 1 aliphatic heterocycles. The number of ketones is 1. The van der Waals surface area contributed by atoms with E-state index in [1.807, 2.05) is 51.1 Å². The summed E-state index contributed by atoms with van der Waals surface area (Å²) in [5.41, 5.74) is 2.06. The van der Waals surface area contributed by atoms with Gasteiger partial charge in [0.05, 0.1) is 41.5 Å². The van der Waals surface area contributed by atoms with Gasteiger partial charge < -0.3 is 24.2 Å². The number of amides is 1. The van der Waals surface area contributed by atoms with Crippen LogP contribution in [0.2, 0.25) is 0 Å². The van der Waals surface area contributed by atoms with Crippen LogP contribution in [-0.2, 0) is 9.53 Å². The molecule has 0 aliphatic carbocycles. The van der Waals surface area contributed by atoms with Crippen molar-refractivity contribution in [3.05, 3.63) is 76.0 Å². The number of aryl methyl sites for hydroxylation is 1. The van der Waals surface area contributed by atoms with Crippen molar-refractivity contribution in [1.82, 2.24) is 9.88 Å². The van der Waals surface area contributed by atoms with E-state index in [1.54, 1.807) is 25.1 Å². The summed E-state index contributed by atoms with van der Waals surface area (Å²) < 4.78 is 16.9. The van der Waals surface area contributed by atoms with Crippen molar-refractivity contribution < 1.29 is 28.9 Å². The first-order chi connectivity index (χ1) is 18.3. The van der Waals surface area contributed by atoms with Crippen LogP contribution in [0.15, 0.2) is 59.9 Å². The number of nitrogens with zero attached hydrogens (tertiary/aromatic N) is 2. The molecule has 1 N–H and O–H groups in total. The van der Waals surface area contributed by atoms with E-state index < -0.39 is 23.5 Å². The molecular formula is C29H32N2O6S. The van der Waals surface area contributed by atoms with Crippen LogP contribution in [0.3, 0.4) is 0 Å². The minimum atomic E-state index is -0.834. The van der Waals surface area contributed by atoms with Gasteiger partial charge in [0.2, 0.25) is 5.78 Å². The zero-order valence-electron chi connectivity index (χ0n) is 22.2. The SMILES string of the molecule is CCOc1cc(C2C(C(=O)c3sc(-c4ccccc4)nc3C)=C(O)C(=O)N2CCOC)ccc1OC(C)C. The molecule has 8 nitrogen and oxygen atoms in total. The van der Waals surface area contributed by atoms with E-state index in [9.17, 15) is 14.7 Å². The van der Waals surface area contributed by atoms with Crippen LogP contribution in [0.4, 0.5) is 0 Å². The number of hydrogen-bond acceptors (Lipinski definition) is 8. The van der Waals surface area contributed by atoms with Crippen LogP contribution in [0.1, 0.15) is 47.7 Å². The number of aromatic nitrogens is 1. The second kappa shape index (κ2) is 11.8. The number of aliphatic hydroxyl groups is 1. The molecule has 0 radical (unpaired) electrons. The standard InChI is InChI=1S/C29H32N2O6S/c1-6-36-22-16-20(12-13-21(22)37-17(2)3)24-23(26(33)29(34)31(24)14-15-35-5)25(32)27-18(4)30-28(38-27)19-10-8-7-9-11-19/h7-13,16-17,24,33H,6,14-15H2,1-5H3. The molecule has 1 atom stereocenters. The summed E-state index contributed by atoms with van der Waals surface area (Å²) in [6.07, 6.45) is -0.0690. The highest BCUT2D eigenvalue weighted by molar-refractivity contribution is 7.17. The normalized spacial score (nSPS) is 15.5. The van der Waals surface area contributed by atoms with Crippen LogP contribution in [0, 0.1) is 6.92 Å². The summed E-state index contributed by atoms with van der Waals surface area (Å²) >= 11 is 1.24. The Bertz CT molecular complexity index is 1350. The largest absolute Gasteiger partial charge is 0.503 e. The Hall–Kier alpha value is -3.69. The van der Waals surface area contributed by atoms with Gasteiger partial charge in [0.15, 0.2) is 17.3 Å². The Labute approximate surface area is 226 Å². The van der Waals surface area contributed by atoms with E-state index in [1.165, 1.54) is 23.3 Å². The fourth-order valence-electron chi connectivity index (χ4n) is 4.40. The van der Waals surface area contributed by atoms with Crippen molar-refractivity contribution in [2.75, 3.05) is 26.9 Å². The predicted octanol–water partition coefficient (Wildman–Crippen LogP) is 5.53. The third-order valence-electron chi connectivity index (χ3n) is 6.05. The van der Waals surface area contributed by atoms with Gasteiger partial charge in [-0.05, 0) is 45.4 Å². The Morgan fingerprint density at radius 3 is 2.55 bits per heavy atom. The molecule has 0 bridgehead atoms. The van der Waals surface area contributed by atoms with Gasteiger partial charge >= 0.3 is 0 Å². The molecule has 1 aliphatic rings. The van der Waals surface area contributed by atoms with E-state index >= 15 is 0 Å². The first-order valence-electron chi connectivity index (χ1n) is 12.5. The first kappa shape index (κ1) is 27.3. The minimum absolute atomic E-state index is 0.0115. The number of carbonyl (C=O) groups is 2. The highest BCUT2D eigenvalue weighted by atomic mass is 32.1. The van der Waals surface area contributed by atoms with Crippen LogP contribution < -0.4 is 9.47 Å². The molecule has 0 saturated carbocycles. The molecule has 0 fully saturated rings. The molecular weight excluding hydrogens is 504 g/mol. The van der Waals surface area contributed by atoms with E-state index in [0.29, 0.717) is 39.2 Å².